The first-order valence-corrected chi connectivity index (χ1v) is 6.88. The third-order valence-corrected chi connectivity index (χ3v) is 3.11. The molecular weight excluding hydrogens is 262 g/mol. The van der Waals surface area contributed by atoms with Gasteiger partial charge in [0.1, 0.15) is 0 Å². The molecule has 1 amide bonds. The summed E-state index contributed by atoms with van der Waals surface area (Å²) in [5.74, 6) is 0.738. The van der Waals surface area contributed by atoms with Gasteiger partial charge in [0.25, 0.3) is 0 Å². The number of nitrogens with zero attached hydrogens (tertiary/aromatic N) is 2. The van der Waals surface area contributed by atoms with Gasteiger partial charge < -0.3 is 14.9 Å². The summed E-state index contributed by atoms with van der Waals surface area (Å²) >= 11 is 0. The molecule has 0 aromatic carbocycles. The van der Waals surface area contributed by atoms with Crippen molar-refractivity contribution in [3.8, 4) is 0 Å². The second-order valence-corrected chi connectivity index (χ2v) is 5.24. The van der Waals surface area contributed by atoms with Crippen LogP contribution in [0.15, 0.2) is 4.52 Å². The normalized spacial score (nSPS) is 15.8. The second-order valence-electron chi connectivity index (χ2n) is 5.24. The van der Waals surface area contributed by atoms with Gasteiger partial charge in [-0.3, -0.25) is 9.59 Å². The fourth-order valence-electron chi connectivity index (χ4n) is 1.94. The predicted molar refractivity (Wildman–Crippen MR) is 69.1 cm³/mol. The fourth-order valence-corrected chi connectivity index (χ4v) is 1.94. The highest BCUT2D eigenvalue weighted by molar-refractivity contribution is 5.77. The quantitative estimate of drug-likeness (QED) is 0.743. The van der Waals surface area contributed by atoms with Crippen molar-refractivity contribution in [2.75, 3.05) is 0 Å². The standard InChI is InChI=1S/C13H19N3O4/c1-8(7-12(18)19)14-10(17)3-2-4-11-15-13(16-20-11)9-5-6-9/h8-9H,2-7H2,1H3,(H,14,17)(H,18,19). The highest BCUT2D eigenvalue weighted by atomic mass is 16.5. The summed E-state index contributed by atoms with van der Waals surface area (Å²) in [6.07, 6.45) is 3.69. The van der Waals surface area contributed by atoms with Crippen LogP contribution >= 0.6 is 0 Å². The Morgan fingerprint density at radius 1 is 1.50 bits per heavy atom. The van der Waals surface area contributed by atoms with Crippen molar-refractivity contribution >= 4 is 11.9 Å². The van der Waals surface area contributed by atoms with E-state index in [-0.39, 0.29) is 18.4 Å². The first kappa shape index (κ1) is 14.5. The molecule has 7 heteroatoms. The molecule has 110 valence electrons. The van der Waals surface area contributed by atoms with Gasteiger partial charge in [-0.25, -0.2) is 0 Å². The van der Waals surface area contributed by atoms with Gasteiger partial charge in [0, 0.05) is 24.8 Å². The van der Waals surface area contributed by atoms with Crippen molar-refractivity contribution < 1.29 is 19.2 Å². The number of rotatable bonds is 8. The van der Waals surface area contributed by atoms with Crippen molar-refractivity contribution in [2.45, 2.75) is 57.4 Å². The summed E-state index contributed by atoms with van der Waals surface area (Å²) in [4.78, 5) is 26.3. The van der Waals surface area contributed by atoms with Crippen molar-refractivity contribution in [2.24, 2.45) is 0 Å². The van der Waals surface area contributed by atoms with Gasteiger partial charge >= 0.3 is 5.97 Å². The lowest BCUT2D eigenvalue weighted by Crippen LogP contribution is -2.34. The molecule has 0 saturated heterocycles. The Morgan fingerprint density at radius 2 is 2.25 bits per heavy atom. The number of carboxylic acids is 1. The highest BCUT2D eigenvalue weighted by Crippen LogP contribution is 2.38. The summed E-state index contributed by atoms with van der Waals surface area (Å²) in [5, 5.41) is 15.1. The van der Waals surface area contributed by atoms with Crippen LogP contribution in [0.2, 0.25) is 0 Å². The molecular formula is C13H19N3O4. The first-order chi connectivity index (χ1) is 9.54. The Bertz CT molecular complexity index is 482. The molecule has 1 fully saturated rings. The summed E-state index contributed by atoms with van der Waals surface area (Å²) in [7, 11) is 0. The zero-order valence-electron chi connectivity index (χ0n) is 11.5. The third-order valence-electron chi connectivity index (χ3n) is 3.11. The fraction of sp³-hybridized carbons (Fsp3) is 0.692. The lowest BCUT2D eigenvalue weighted by atomic mass is 10.2. The molecule has 1 aromatic rings. The largest absolute Gasteiger partial charge is 0.481 e. The number of aromatic nitrogens is 2. The smallest absolute Gasteiger partial charge is 0.305 e. The van der Waals surface area contributed by atoms with E-state index in [0.717, 1.165) is 18.7 Å². The molecule has 20 heavy (non-hydrogen) atoms. The van der Waals surface area contributed by atoms with Crippen LogP contribution in [0.4, 0.5) is 0 Å². The van der Waals surface area contributed by atoms with Gasteiger partial charge in [-0.05, 0) is 26.2 Å². The predicted octanol–water partition coefficient (Wildman–Crippen LogP) is 1.25. The Morgan fingerprint density at radius 3 is 2.90 bits per heavy atom. The van der Waals surface area contributed by atoms with E-state index in [2.05, 4.69) is 15.5 Å². The zero-order chi connectivity index (χ0) is 14.5. The van der Waals surface area contributed by atoms with Gasteiger partial charge in [0.05, 0.1) is 6.42 Å². The average molecular weight is 281 g/mol. The molecule has 1 saturated carbocycles. The van der Waals surface area contributed by atoms with E-state index in [1.54, 1.807) is 6.92 Å². The Balaban J connectivity index is 1.64. The lowest BCUT2D eigenvalue weighted by molar-refractivity contribution is -0.137. The van der Waals surface area contributed by atoms with Crippen molar-refractivity contribution in [1.82, 2.24) is 15.5 Å². The number of carbonyl (C=O) groups is 2. The van der Waals surface area contributed by atoms with Crippen molar-refractivity contribution in [3.05, 3.63) is 11.7 Å². The Hall–Kier alpha value is -1.92. The van der Waals surface area contributed by atoms with E-state index in [9.17, 15) is 9.59 Å². The van der Waals surface area contributed by atoms with Gasteiger partial charge in [-0.1, -0.05) is 5.16 Å². The molecule has 0 radical (unpaired) electrons. The zero-order valence-corrected chi connectivity index (χ0v) is 11.5. The van der Waals surface area contributed by atoms with Crippen LogP contribution in [-0.2, 0) is 16.0 Å². The van der Waals surface area contributed by atoms with Gasteiger partial charge in [0.2, 0.25) is 11.8 Å². The number of hydrogen-bond acceptors (Lipinski definition) is 5. The number of carboxylic acid groups (broad SMARTS) is 1. The molecule has 1 aliphatic rings. The third kappa shape index (κ3) is 4.64. The molecule has 1 atom stereocenters. The minimum Gasteiger partial charge on any atom is -0.481 e. The molecule has 2 rings (SSSR count). The maximum atomic E-state index is 11.6. The summed E-state index contributed by atoms with van der Waals surface area (Å²) in [6.45, 7) is 1.67. The van der Waals surface area contributed by atoms with E-state index < -0.39 is 5.97 Å². The van der Waals surface area contributed by atoms with Crippen LogP contribution in [0, 0.1) is 0 Å². The summed E-state index contributed by atoms with van der Waals surface area (Å²) in [6, 6.07) is -0.357. The lowest BCUT2D eigenvalue weighted by Gasteiger charge is -2.10. The summed E-state index contributed by atoms with van der Waals surface area (Å²) < 4.78 is 5.11. The van der Waals surface area contributed by atoms with Crippen molar-refractivity contribution in [1.29, 1.82) is 0 Å². The van der Waals surface area contributed by atoms with Crippen LogP contribution in [-0.4, -0.2) is 33.2 Å². The topological polar surface area (TPSA) is 105 Å². The minimum atomic E-state index is -0.920. The maximum absolute atomic E-state index is 11.6. The number of carbonyl (C=O) groups excluding carboxylic acids is 1. The number of hydrogen-bond donors (Lipinski definition) is 2. The molecule has 2 N–H and O–H groups in total. The van der Waals surface area contributed by atoms with E-state index in [4.69, 9.17) is 9.63 Å². The molecule has 0 aliphatic heterocycles. The van der Waals surface area contributed by atoms with Gasteiger partial charge in [0.15, 0.2) is 5.82 Å². The van der Waals surface area contributed by atoms with Crippen molar-refractivity contribution in [3.63, 3.8) is 0 Å². The molecule has 0 spiro atoms. The number of aliphatic carboxylic acids is 1. The Kier molecular flexibility index (Phi) is 4.70. The van der Waals surface area contributed by atoms with Gasteiger partial charge in [-0.2, -0.15) is 4.98 Å². The minimum absolute atomic E-state index is 0.0693. The molecule has 1 heterocycles. The Labute approximate surface area is 116 Å². The van der Waals surface area contributed by atoms with Crippen LogP contribution in [0.5, 0.6) is 0 Å². The van der Waals surface area contributed by atoms with E-state index >= 15 is 0 Å². The molecule has 1 unspecified atom stereocenters. The van der Waals surface area contributed by atoms with E-state index in [0.29, 0.717) is 31.1 Å². The number of amides is 1. The second kappa shape index (κ2) is 6.49. The number of aryl methyl sites for hydroxylation is 1. The molecule has 7 nitrogen and oxygen atoms in total. The van der Waals surface area contributed by atoms with E-state index in [1.807, 2.05) is 0 Å². The SMILES string of the molecule is CC(CC(=O)O)NC(=O)CCCc1nc(C2CC2)no1. The van der Waals surface area contributed by atoms with Gasteiger partial charge in [-0.15, -0.1) is 0 Å². The highest BCUT2D eigenvalue weighted by Gasteiger charge is 2.28. The van der Waals surface area contributed by atoms with Crippen LogP contribution in [0.1, 0.15) is 56.7 Å². The van der Waals surface area contributed by atoms with Crippen LogP contribution in [0.3, 0.4) is 0 Å². The molecule has 1 aromatic heterocycles. The number of nitrogens with one attached hydrogen (secondary N) is 1. The average Bonchev–Trinajstić information content (AvgIpc) is 3.09. The molecule has 0 bridgehead atoms. The summed E-state index contributed by atoms with van der Waals surface area (Å²) in [5.41, 5.74) is 0. The van der Waals surface area contributed by atoms with Crippen LogP contribution < -0.4 is 5.32 Å². The molecule has 1 aliphatic carbocycles. The van der Waals surface area contributed by atoms with E-state index in [1.165, 1.54) is 0 Å². The van der Waals surface area contributed by atoms with Crippen LogP contribution in [0.25, 0.3) is 0 Å². The maximum Gasteiger partial charge on any atom is 0.305 e. The first-order valence-electron chi connectivity index (χ1n) is 6.88. The monoisotopic (exact) mass is 281 g/mol.